The molecular formula is C19H16Cl2F3N3O. The van der Waals surface area contributed by atoms with Crippen molar-refractivity contribution in [2.24, 2.45) is 0 Å². The first kappa shape index (κ1) is 21.8. The molecule has 4 nitrogen and oxygen atoms in total. The van der Waals surface area contributed by atoms with E-state index in [0.717, 1.165) is 12.2 Å². The highest BCUT2D eigenvalue weighted by atomic mass is 35.5. The lowest BCUT2D eigenvalue weighted by Crippen LogP contribution is -2.21. The number of imidazole rings is 1. The molecule has 0 fully saturated rings. The van der Waals surface area contributed by atoms with Crippen molar-refractivity contribution in [3.63, 3.8) is 0 Å². The van der Waals surface area contributed by atoms with E-state index in [9.17, 15) is 18.0 Å². The summed E-state index contributed by atoms with van der Waals surface area (Å²) in [4.78, 5) is 19.2. The highest BCUT2D eigenvalue weighted by Gasteiger charge is 2.30. The lowest BCUT2D eigenvalue weighted by atomic mass is 10.1. The molecule has 0 aliphatic rings. The van der Waals surface area contributed by atoms with Crippen molar-refractivity contribution in [3.8, 4) is 0 Å². The number of H-pyrrole nitrogens is 1. The summed E-state index contributed by atoms with van der Waals surface area (Å²) >= 11 is 12.2. The number of halogens is 5. The largest absolute Gasteiger partial charge is 0.416 e. The second-order valence-corrected chi connectivity index (χ2v) is 6.56. The predicted octanol–water partition coefficient (Wildman–Crippen LogP) is 5.62. The van der Waals surface area contributed by atoms with Gasteiger partial charge in [0.05, 0.1) is 11.8 Å². The second kappa shape index (κ2) is 9.12. The first-order chi connectivity index (χ1) is 13.1. The molecule has 2 N–H and O–H groups in total. The van der Waals surface area contributed by atoms with Crippen LogP contribution < -0.4 is 5.32 Å². The van der Waals surface area contributed by atoms with Crippen molar-refractivity contribution >= 4 is 29.1 Å². The van der Waals surface area contributed by atoms with Gasteiger partial charge < -0.3 is 10.3 Å². The zero-order valence-electron chi connectivity index (χ0n) is 14.7. The van der Waals surface area contributed by atoms with Crippen molar-refractivity contribution in [2.75, 3.05) is 0 Å². The summed E-state index contributed by atoms with van der Waals surface area (Å²) in [6, 6.07) is 5.11. The van der Waals surface area contributed by atoms with Gasteiger partial charge in [0.2, 0.25) is 0 Å². The minimum atomic E-state index is -4.51. The smallest absolute Gasteiger partial charge is 0.338 e. The van der Waals surface area contributed by atoms with Crippen molar-refractivity contribution in [3.05, 3.63) is 87.6 Å². The van der Waals surface area contributed by atoms with E-state index in [1.165, 1.54) is 13.1 Å². The number of aromatic amines is 1. The summed E-state index contributed by atoms with van der Waals surface area (Å²) in [6.07, 6.45) is -0.224. The van der Waals surface area contributed by atoms with Crippen LogP contribution in [0.5, 0.6) is 0 Å². The van der Waals surface area contributed by atoms with E-state index < -0.39 is 17.7 Å². The van der Waals surface area contributed by atoms with Gasteiger partial charge in [0.25, 0.3) is 5.91 Å². The second-order valence-electron chi connectivity index (χ2n) is 5.75. The van der Waals surface area contributed by atoms with Crippen LogP contribution in [0, 0.1) is 0 Å². The van der Waals surface area contributed by atoms with Gasteiger partial charge in [0.15, 0.2) is 0 Å². The lowest BCUT2D eigenvalue weighted by Gasteiger charge is -2.07. The average Bonchev–Trinajstić information content (AvgIpc) is 3.06. The highest BCUT2D eigenvalue weighted by Crippen LogP contribution is 2.27. The quantitative estimate of drug-likeness (QED) is 0.585. The van der Waals surface area contributed by atoms with Gasteiger partial charge in [-0.1, -0.05) is 41.9 Å². The first-order valence-electron chi connectivity index (χ1n) is 7.98. The highest BCUT2D eigenvalue weighted by molar-refractivity contribution is 6.36. The van der Waals surface area contributed by atoms with Gasteiger partial charge in [-0.15, -0.1) is 0 Å². The summed E-state index contributed by atoms with van der Waals surface area (Å²) in [6.45, 7) is 4.59. The average molecular weight is 430 g/mol. The monoisotopic (exact) mass is 429 g/mol. The molecule has 9 heteroatoms. The minimum Gasteiger partial charge on any atom is -0.338 e. The number of nitrogens with zero attached hydrogens (tertiary/aromatic N) is 1. The number of allylic oxidation sites excluding steroid dienone is 5. The number of hydrogen-bond donors (Lipinski definition) is 2. The van der Waals surface area contributed by atoms with Gasteiger partial charge >= 0.3 is 6.18 Å². The molecule has 2 aromatic rings. The lowest BCUT2D eigenvalue weighted by molar-refractivity contribution is -0.0881. The predicted molar refractivity (Wildman–Crippen MR) is 103 cm³/mol. The number of aromatic nitrogens is 2. The Balaban J connectivity index is 2.09. The van der Waals surface area contributed by atoms with Crippen LogP contribution in [0.2, 0.25) is 10.0 Å². The summed E-state index contributed by atoms with van der Waals surface area (Å²) in [5.41, 5.74) is 0.118. The fourth-order valence-electron chi connectivity index (χ4n) is 2.22. The molecule has 0 aliphatic carbocycles. The van der Waals surface area contributed by atoms with Gasteiger partial charge in [-0.3, -0.25) is 4.79 Å². The van der Waals surface area contributed by atoms with Crippen LogP contribution in [-0.2, 0) is 6.42 Å². The number of hydrogen-bond acceptors (Lipinski definition) is 2. The van der Waals surface area contributed by atoms with E-state index in [0.29, 0.717) is 27.5 Å². The molecule has 0 aliphatic heterocycles. The molecule has 28 heavy (non-hydrogen) atoms. The third kappa shape index (κ3) is 5.74. The Labute approximate surface area is 169 Å². The van der Waals surface area contributed by atoms with Crippen LogP contribution >= 0.6 is 23.2 Å². The number of amides is 1. The summed E-state index contributed by atoms with van der Waals surface area (Å²) in [7, 11) is 0. The molecule has 0 radical (unpaired) electrons. The Morgan fingerprint density at radius 2 is 1.93 bits per heavy atom. The Morgan fingerprint density at radius 3 is 2.50 bits per heavy atom. The molecular weight excluding hydrogens is 414 g/mol. The molecule has 0 saturated carbocycles. The van der Waals surface area contributed by atoms with E-state index in [1.807, 2.05) is 0 Å². The molecule has 0 saturated heterocycles. The van der Waals surface area contributed by atoms with Crippen LogP contribution in [0.3, 0.4) is 0 Å². The third-order valence-electron chi connectivity index (χ3n) is 3.65. The van der Waals surface area contributed by atoms with E-state index in [2.05, 4.69) is 21.9 Å². The number of carbonyl (C=O) groups excluding carboxylic acids is 1. The number of carbonyl (C=O) groups is 1. The first-order valence-corrected chi connectivity index (χ1v) is 8.73. The van der Waals surface area contributed by atoms with Crippen LogP contribution in [0.15, 0.2) is 60.5 Å². The zero-order valence-corrected chi connectivity index (χ0v) is 16.2. The fraction of sp³-hybridized carbons (Fsp3) is 0.158. The Bertz CT molecular complexity index is 926. The molecule has 0 spiro atoms. The molecule has 1 amide bonds. The van der Waals surface area contributed by atoms with E-state index in [4.69, 9.17) is 23.2 Å². The number of rotatable bonds is 6. The molecule has 0 atom stereocenters. The van der Waals surface area contributed by atoms with Crippen molar-refractivity contribution in [1.29, 1.82) is 0 Å². The minimum absolute atomic E-state index is 0.148. The fourth-order valence-corrected chi connectivity index (χ4v) is 2.75. The van der Waals surface area contributed by atoms with Crippen LogP contribution in [0.1, 0.15) is 28.8 Å². The number of benzene rings is 1. The molecule has 0 unspecified atom stereocenters. The Hall–Kier alpha value is -2.51. The van der Waals surface area contributed by atoms with E-state index in [-0.39, 0.29) is 17.8 Å². The SMILES string of the molecule is C=C/C(=C\C=C(/C)NC(=O)c1cnc(Cc2c(Cl)cccc2Cl)[nH]1)C(F)(F)F. The molecule has 1 aromatic carbocycles. The maximum absolute atomic E-state index is 12.6. The molecule has 0 bridgehead atoms. The van der Waals surface area contributed by atoms with Crippen molar-refractivity contribution < 1.29 is 18.0 Å². The van der Waals surface area contributed by atoms with Crippen LogP contribution in [0.4, 0.5) is 13.2 Å². The Kier molecular flexibility index (Phi) is 7.10. The van der Waals surface area contributed by atoms with Crippen molar-refractivity contribution in [2.45, 2.75) is 19.5 Å². The van der Waals surface area contributed by atoms with E-state index >= 15 is 0 Å². The van der Waals surface area contributed by atoms with E-state index in [1.54, 1.807) is 18.2 Å². The molecule has 1 heterocycles. The zero-order chi connectivity index (χ0) is 20.9. The van der Waals surface area contributed by atoms with Crippen LogP contribution in [0.25, 0.3) is 0 Å². The molecule has 148 valence electrons. The van der Waals surface area contributed by atoms with Gasteiger partial charge in [-0.25, -0.2) is 4.98 Å². The molecule has 1 aromatic heterocycles. The Morgan fingerprint density at radius 1 is 1.29 bits per heavy atom. The van der Waals surface area contributed by atoms with Crippen LogP contribution in [-0.4, -0.2) is 22.1 Å². The van der Waals surface area contributed by atoms with Gasteiger partial charge in [0.1, 0.15) is 11.5 Å². The summed E-state index contributed by atoms with van der Waals surface area (Å²) in [5.74, 6) is -0.0778. The normalized spacial score (nSPS) is 12.8. The maximum Gasteiger partial charge on any atom is 0.416 e. The summed E-state index contributed by atoms with van der Waals surface area (Å²) in [5, 5.41) is 3.43. The number of alkyl halides is 3. The number of nitrogens with one attached hydrogen (secondary N) is 2. The summed E-state index contributed by atoms with van der Waals surface area (Å²) < 4.78 is 37.9. The third-order valence-corrected chi connectivity index (χ3v) is 4.36. The van der Waals surface area contributed by atoms with Gasteiger partial charge in [0, 0.05) is 22.2 Å². The van der Waals surface area contributed by atoms with Crippen molar-refractivity contribution in [1.82, 2.24) is 15.3 Å². The van der Waals surface area contributed by atoms with Gasteiger partial charge in [-0.05, 0) is 36.8 Å². The topological polar surface area (TPSA) is 57.8 Å². The maximum atomic E-state index is 12.6. The van der Waals surface area contributed by atoms with Gasteiger partial charge in [-0.2, -0.15) is 13.2 Å². The standard InChI is InChI=1S/C19H16Cl2F3N3O/c1-3-12(19(22,23)24)8-7-11(2)26-18(28)16-10-25-17(27-16)9-13-14(20)5-4-6-15(13)21/h3-8,10H,1,9H2,2H3,(H,25,27)(H,26,28)/b11-7+,12-8+. The molecule has 2 rings (SSSR count).